The number of nitrogens with zero attached hydrogens (tertiary/aromatic N) is 2. The molecule has 2 aliphatic rings. The zero-order valence-electron chi connectivity index (χ0n) is 20.0. The first-order valence-electron chi connectivity index (χ1n) is 12.2. The average molecular weight is 480 g/mol. The Morgan fingerprint density at radius 3 is 2.91 bits per heavy atom. The van der Waals surface area contributed by atoms with Crippen LogP contribution < -0.4 is 21.1 Å². The second-order valence-electron chi connectivity index (χ2n) is 9.22. The third-order valence-electron chi connectivity index (χ3n) is 7.09. The molecule has 0 spiro atoms. The summed E-state index contributed by atoms with van der Waals surface area (Å²) in [5.41, 5.74) is 8.66. The van der Waals surface area contributed by atoms with Crippen molar-refractivity contribution in [1.82, 2.24) is 9.97 Å². The second-order valence-corrected chi connectivity index (χ2v) is 9.22. The van der Waals surface area contributed by atoms with Gasteiger partial charge in [0, 0.05) is 35.5 Å². The predicted octanol–water partition coefficient (Wildman–Crippen LogP) is 5.65. The molecule has 1 saturated carbocycles. The minimum absolute atomic E-state index is 0.00607. The first-order chi connectivity index (χ1) is 17.0. The quantitative estimate of drug-likeness (QED) is 0.415. The molecular formula is C26H30FN5O3. The van der Waals surface area contributed by atoms with Crippen LogP contribution in [0, 0.1) is 18.7 Å². The standard InChI is InChI=1S/C26H30FN5O3/c1-3-15-6-4-5-7-20(15)35-26(33)32-21-11-16-10-17(22(27)23(28)19(16)13-30-21)18-12-31-25-24(14(18)2)29-8-9-34-25/h10-13,15,20,29H,3-9,28H2,1-2H3,(H,30,32,33)/t15-,20-/m1/s1. The van der Waals surface area contributed by atoms with Crippen LogP contribution >= 0.6 is 0 Å². The smallest absolute Gasteiger partial charge is 0.413 e. The summed E-state index contributed by atoms with van der Waals surface area (Å²) in [5.74, 6) is 0.671. The maximum absolute atomic E-state index is 15.3. The zero-order chi connectivity index (χ0) is 24.5. The van der Waals surface area contributed by atoms with Gasteiger partial charge in [0.25, 0.3) is 0 Å². The third-order valence-corrected chi connectivity index (χ3v) is 7.09. The van der Waals surface area contributed by atoms with Gasteiger partial charge in [0.2, 0.25) is 5.88 Å². The second kappa shape index (κ2) is 9.56. The number of ether oxygens (including phenoxy) is 2. The van der Waals surface area contributed by atoms with E-state index in [9.17, 15) is 4.79 Å². The number of amides is 1. The highest BCUT2D eigenvalue weighted by Gasteiger charge is 2.27. The molecular weight excluding hydrogens is 449 g/mol. The summed E-state index contributed by atoms with van der Waals surface area (Å²) in [6, 6.07) is 3.38. The number of hydrogen-bond donors (Lipinski definition) is 3. The number of halogens is 1. The number of benzene rings is 1. The zero-order valence-corrected chi connectivity index (χ0v) is 20.0. The molecule has 1 amide bonds. The van der Waals surface area contributed by atoms with Crippen molar-refractivity contribution in [3.63, 3.8) is 0 Å². The van der Waals surface area contributed by atoms with Crippen LogP contribution in [0.5, 0.6) is 5.88 Å². The number of anilines is 3. The molecule has 184 valence electrons. The van der Waals surface area contributed by atoms with Crippen LogP contribution in [0.15, 0.2) is 24.5 Å². The van der Waals surface area contributed by atoms with E-state index in [-0.39, 0.29) is 11.8 Å². The van der Waals surface area contributed by atoms with Gasteiger partial charge >= 0.3 is 6.09 Å². The van der Waals surface area contributed by atoms with E-state index in [0.29, 0.717) is 52.7 Å². The maximum atomic E-state index is 15.3. The number of nitrogens with one attached hydrogen (secondary N) is 2. The van der Waals surface area contributed by atoms with Crippen LogP contribution in [0.25, 0.3) is 21.9 Å². The lowest BCUT2D eigenvalue weighted by Crippen LogP contribution is -2.31. The molecule has 9 heteroatoms. The van der Waals surface area contributed by atoms with Gasteiger partial charge in [-0.15, -0.1) is 0 Å². The van der Waals surface area contributed by atoms with Gasteiger partial charge in [-0.25, -0.2) is 19.2 Å². The van der Waals surface area contributed by atoms with Gasteiger partial charge in [0.15, 0.2) is 5.82 Å². The topological polar surface area (TPSA) is 111 Å². The molecule has 1 aliphatic heterocycles. The number of nitrogens with two attached hydrogens (primary N) is 1. The fourth-order valence-corrected chi connectivity index (χ4v) is 5.12. The summed E-state index contributed by atoms with van der Waals surface area (Å²) in [4.78, 5) is 21.2. The molecule has 0 saturated heterocycles. The van der Waals surface area contributed by atoms with Gasteiger partial charge in [-0.2, -0.15) is 0 Å². The average Bonchev–Trinajstić information content (AvgIpc) is 2.87. The monoisotopic (exact) mass is 479 g/mol. The van der Waals surface area contributed by atoms with Crippen LogP contribution in [-0.4, -0.2) is 35.3 Å². The lowest BCUT2D eigenvalue weighted by Gasteiger charge is -2.30. The molecule has 0 unspecified atom stereocenters. The molecule has 3 heterocycles. The minimum Gasteiger partial charge on any atom is -0.474 e. The van der Waals surface area contributed by atoms with Crippen LogP contribution in [0.4, 0.5) is 26.4 Å². The molecule has 1 fully saturated rings. The molecule has 5 rings (SSSR count). The number of hydrogen-bond acceptors (Lipinski definition) is 7. The van der Waals surface area contributed by atoms with E-state index in [4.69, 9.17) is 15.2 Å². The summed E-state index contributed by atoms with van der Waals surface area (Å²) in [6.07, 6.45) is 7.63. The number of pyridine rings is 2. The Bertz CT molecular complexity index is 1280. The highest BCUT2D eigenvalue weighted by molar-refractivity contribution is 5.99. The van der Waals surface area contributed by atoms with E-state index < -0.39 is 11.9 Å². The SMILES string of the molecule is CC[C@@H]1CCCC[C@H]1OC(=O)Nc1cc2cc(-c3cnc4c(c3C)NCCO4)c(F)c(N)c2cn1. The number of nitrogen functional groups attached to an aromatic ring is 1. The first kappa shape index (κ1) is 23.1. The summed E-state index contributed by atoms with van der Waals surface area (Å²) < 4.78 is 26.7. The Hall–Kier alpha value is -3.62. The van der Waals surface area contributed by atoms with Gasteiger partial charge < -0.3 is 20.5 Å². The number of rotatable bonds is 4. The van der Waals surface area contributed by atoms with Crippen LogP contribution in [0.2, 0.25) is 0 Å². The van der Waals surface area contributed by atoms with Crippen molar-refractivity contribution in [3.05, 3.63) is 35.9 Å². The molecule has 1 aromatic carbocycles. The van der Waals surface area contributed by atoms with Crippen molar-refractivity contribution in [2.45, 2.75) is 52.1 Å². The summed E-state index contributed by atoms with van der Waals surface area (Å²) >= 11 is 0. The maximum Gasteiger partial charge on any atom is 0.413 e. The van der Waals surface area contributed by atoms with Crippen molar-refractivity contribution in [1.29, 1.82) is 0 Å². The third kappa shape index (κ3) is 4.42. The van der Waals surface area contributed by atoms with Crippen molar-refractivity contribution in [2.24, 2.45) is 5.92 Å². The van der Waals surface area contributed by atoms with Crippen molar-refractivity contribution < 1.29 is 18.7 Å². The molecule has 1 aliphatic carbocycles. The normalized spacial score (nSPS) is 19.4. The van der Waals surface area contributed by atoms with Crippen LogP contribution in [0.1, 0.15) is 44.6 Å². The number of fused-ring (bicyclic) bond motifs is 2. The Kier molecular flexibility index (Phi) is 6.32. The van der Waals surface area contributed by atoms with Crippen molar-refractivity contribution in [2.75, 3.05) is 29.5 Å². The van der Waals surface area contributed by atoms with E-state index >= 15 is 4.39 Å². The van der Waals surface area contributed by atoms with E-state index in [1.54, 1.807) is 18.3 Å². The fraction of sp³-hybridized carbons (Fsp3) is 0.423. The number of aromatic nitrogens is 2. The Labute approximate surface area is 203 Å². The summed E-state index contributed by atoms with van der Waals surface area (Å²) in [7, 11) is 0. The molecule has 4 N–H and O–H groups in total. The van der Waals surface area contributed by atoms with E-state index in [1.165, 1.54) is 12.6 Å². The van der Waals surface area contributed by atoms with Gasteiger partial charge in [0.1, 0.15) is 24.2 Å². The Morgan fingerprint density at radius 1 is 1.26 bits per heavy atom. The lowest BCUT2D eigenvalue weighted by atomic mass is 9.85. The fourth-order valence-electron chi connectivity index (χ4n) is 5.12. The molecule has 35 heavy (non-hydrogen) atoms. The van der Waals surface area contributed by atoms with Crippen molar-refractivity contribution >= 4 is 34.1 Å². The predicted molar refractivity (Wildman–Crippen MR) is 134 cm³/mol. The lowest BCUT2D eigenvalue weighted by molar-refractivity contribution is 0.0443. The Morgan fingerprint density at radius 2 is 2.09 bits per heavy atom. The highest BCUT2D eigenvalue weighted by atomic mass is 19.1. The van der Waals surface area contributed by atoms with Crippen LogP contribution in [-0.2, 0) is 4.74 Å². The Balaban J connectivity index is 1.44. The summed E-state index contributed by atoms with van der Waals surface area (Å²) in [6.45, 7) is 5.19. The van der Waals surface area contributed by atoms with Gasteiger partial charge in [-0.05, 0) is 61.6 Å². The largest absolute Gasteiger partial charge is 0.474 e. The minimum atomic E-state index is -0.538. The molecule has 8 nitrogen and oxygen atoms in total. The molecule has 2 aromatic heterocycles. The van der Waals surface area contributed by atoms with E-state index in [0.717, 1.165) is 36.9 Å². The number of carbonyl (C=O) groups excluding carboxylic acids is 1. The molecule has 3 aromatic rings. The number of carbonyl (C=O) groups is 1. The van der Waals surface area contributed by atoms with Gasteiger partial charge in [0.05, 0.1) is 5.69 Å². The summed E-state index contributed by atoms with van der Waals surface area (Å²) in [5, 5.41) is 7.11. The highest BCUT2D eigenvalue weighted by Crippen LogP contribution is 2.39. The molecule has 0 radical (unpaired) electrons. The molecule has 2 atom stereocenters. The van der Waals surface area contributed by atoms with Gasteiger partial charge in [-0.1, -0.05) is 13.3 Å². The van der Waals surface area contributed by atoms with E-state index in [1.807, 2.05) is 6.92 Å². The van der Waals surface area contributed by atoms with E-state index in [2.05, 4.69) is 27.5 Å². The molecule has 0 bridgehead atoms. The van der Waals surface area contributed by atoms with Crippen LogP contribution in [0.3, 0.4) is 0 Å². The van der Waals surface area contributed by atoms with Crippen molar-refractivity contribution in [3.8, 4) is 17.0 Å². The first-order valence-corrected chi connectivity index (χ1v) is 12.2. The van der Waals surface area contributed by atoms with Gasteiger partial charge in [-0.3, -0.25) is 5.32 Å².